The minimum Gasteiger partial charge on any atom is -0.372 e. The van der Waals surface area contributed by atoms with E-state index >= 15 is 0 Å². The number of amides is 2. The molecule has 0 aliphatic heterocycles. The number of ether oxygens (including phenoxy) is 1. The summed E-state index contributed by atoms with van der Waals surface area (Å²) in [5.74, 6) is -0.303. The fraction of sp³-hybridized carbons (Fsp3) is 0.833. The van der Waals surface area contributed by atoms with Crippen LogP contribution in [0.5, 0.6) is 0 Å². The van der Waals surface area contributed by atoms with Crippen molar-refractivity contribution >= 4 is 11.8 Å². The van der Waals surface area contributed by atoms with Gasteiger partial charge >= 0.3 is 0 Å². The van der Waals surface area contributed by atoms with E-state index in [9.17, 15) is 9.59 Å². The highest BCUT2D eigenvalue weighted by Crippen LogP contribution is 1.99. The molecule has 0 fully saturated rings. The van der Waals surface area contributed by atoms with Crippen LogP contribution in [0.2, 0.25) is 0 Å². The van der Waals surface area contributed by atoms with Crippen LogP contribution in [0.3, 0.4) is 0 Å². The van der Waals surface area contributed by atoms with Crippen molar-refractivity contribution in [2.45, 2.75) is 40.2 Å². The number of nitrogens with zero attached hydrogens (tertiary/aromatic N) is 1. The van der Waals surface area contributed by atoms with Crippen LogP contribution in [0, 0.1) is 0 Å². The molecular formula is C12H24N2O3. The second kappa shape index (κ2) is 7.27. The van der Waals surface area contributed by atoms with Crippen molar-refractivity contribution in [2.75, 3.05) is 26.3 Å². The fourth-order valence-corrected chi connectivity index (χ4v) is 1.29. The van der Waals surface area contributed by atoms with Crippen LogP contribution < -0.4 is 5.32 Å². The van der Waals surface area contributed by atoms with E-state index in [-0.39, 0.29) is 30.5 Å². The van der Waals surface area contributed by atoms with E-state index in [4.69, 9.17) is 4.74 Å². The van der Waals surface area contributed by atoms with Gasteiger partial charge in [0, 0.05) is 18.7 Å². The van der Waals surface area contributed by atoms with E-state index in [1.165, 1.54) is 4.90 Å². The first kappa shape index (κ1) is 15.9. The van der Waals surface area contributed by atoms with E-state index in [1.54, 1.807) is 0 Å². The van der Waals surface area contributed by atoms with Crippen LogP contribution in [0.4, 0.5) is 0 Å². The first-order valence-corrected chi connectivity index (χ1v) is 5.96. The summed E-state index contributed by atoms with van der Waals surface area (Å²) < 4.78 is 5.04. The average Bonchev–Trinajstić information content (AvgIpc) is 2.19. The summed E-state index contributed by atoms with van der Waals surface area (Å²) in [5, 5.41) is 2.82. The van der Waals surface area contributed by atoms with Gasteiger partial charge in [-0.15, -0.1) is 0 Å². The van der Waals surface area contributed by atoms with Crippen molar-refractivity contribution in [3.63, 3.8) is 0 Å². The molecule has 0 saturated heterocycles. The summed E-state index contributed by atoms with van der Waals surface area (Å²) >= 11 is 0. The van der Waals surface area contributed by atoms with Crippen LogP contribution in [-0.4, -0.2) is 48.6 Å². The minimum atomic E-state index is -0.278. The van der Waals surface area contributed by atoms with Gasteiger partial charge in [-0.1, -0.05) is 0 Å². The summed E-state index contributed by atoms with van der Waals surface area (Å²) in [6.45, 7) is 10.5. The molecule has 5 heteroatoms. The third-order valence-electron chi connectivity index (χ3n) is 2.01. The van der Waals surface area contributed by atoms with Gasteiger partial charge in [-0.05, 0) is 34.6 Å². The van der Waals surface area contributed by atoms with Gasteiger partial charge in [0.1, 0.15) is 6.61 Å². The lowest BCUT2D eigenvalue weighted by Crippen LogP contribution is -2.47. The zero-order valence-corrected chi connectivity index (χ0v) is 11.5. The molecule has 0 radical (unpaired) electrons. The maximum absolute atomic E-state index is 11.7. The molecule has 0 aromatic rings. The highest BCUT2D eigenvalue weighted by molar-refractivity contribution is 5.85. The Balaban J connectivity index is 4.21. The van der Waals surface area contributed by atoms with Gasteiger partial charge in [0.05, 0.1) is 6.54 Å². The summed E-state index contributed by atoms with van der Waals surface area (Å²) in [6, 6.07) is 0. The van der Waals surface area contributed by atoms with Crippen LogP contribution in [0.1, 0.15) is 34.6 Å². The van der Waals surface area contributed by atoms with Gasteiger partial charge in [-0.2, -0.15) is 0 Å². The molecule has 17 heavy (non-hydrogen) atoms. The van der Waals surface area contributed by atoms with Gasteiger partial charge in [0.2, 0.25) is 11.8 Å². The Labute approximate surface area is 103 Å². The number of hydrogen-bond acceptors (Lipinski definition) is 3. The first-order valence-electron chi connectivity index (χ1n) is 5.96. The number of carbonyl (C=O) groups is 2. The van der Waals surface area contributed by atoms with Gasteiger partial charge < -0.3 is 15.0 Å². The van der Waals surface area contributed by atoms with Crippen molar-refractivity contribution < 1.29 is 14.3 Å². The lowest BCUT2D eigenvalue weighted by atomic mass is 10.1. The smallest absolute Gasteiger partial charge is 0.249 e. The molecule has 0 spiro atoms. The zero-order chi connectivity index (χ0) is 13.5. The Morgan fingerprint density at radius 3 is 2.24 bits per heavy atom. The maximum Gasteiger partial charge on any atom is 0.249 e. The predicted molar refractivity (Wildman–Crippen MR) is 66.6 cm³/mol. The Morgan fingerprint density at radius 2 is 1.82 bits per heavy atom. The Bertz CT molecular complexity index is 259. The molecule has 0 saturated carbocycles. The monoisotopic (exact) mass is 244 g/mol. The summed E-state index contributed by atoms with van der Waals surface area (Å²) in [5.41, 5.74) is -0.278. The van der Waals surface area contributed by atoms with Crippen LogP contribution in [-0.2, 0) is 14.3 Å². The molecule has 0 aromatic heterocycles. The average molecular weight is 244 g/mol. The molecule has 0 unspecified atom stereocenters. The summed E-state index contributed by atoms with van der Waals surface area (Å²) in [4.78, 5) is 24.8. The second-order valence-corrected chi connectivity index (χ2v) is 4.84. The van der Waals surface area contributed by atoms with Crippen molar-refractivity contribution in [3.05, 3.63) is 0 Å². The van der Waals surface area contributed by atoms with Crippen LogP contribution >= 0.6 is 0 Å². The van der Waals surface area contributed by atoms with Gasteiger partial charge in [-0.25, -0.2) is 0 Å². The van der Waals surface area contributed by atoms with Crippen LogP contribution in [0.15, 0.2) is 0 Å². The largest absolute Gasteiger partial charge is 0.372 e. The molecule has 0 heterocycles. The Kier molecular flexibility index (Phi) is 6.80. The third-order valence-corrected chi connectivity index (χ3v) is 2.01. The lowest BCUT2D eigenvalue weighted by Gasteiger charge is -2.25. The lowest BCUT2D eigenvalue weighted by molar-refractivity contribution is -0.139. The first-order chi connectivity index (χ1) is 7.80. The normalized spacial score (nSPS) is 11.1. The van der Waals surface area contributed by atoms with Crippen molar-refractivity contribution in [1.82, 2.24) is 10.2 Å². The second-order valence-electron chi connectivity index (χ2n) is 4.84. The van der Waals surface area contributed by atoms with Crippen molar-refractivity contribution in [3.8, 4) is 0 Å². The molecular weight excluding hydrogens is 220 g/mol. The highest BCUT2D eigenvalue weighted by atomic mass is 16.5. The summed E-state index contributed by atoms with van der Waals surface area (Å²) in [7, 11) is 0. The van der Waals surface area contributed by atoms with E-state index < -0.39 is 0 Å². The Morgan fingerprint density at radius 1 is 1.24 bits per heavy atom. The highest BCUT2D eigenvalue weighted by Gasteiger charge is 2.19. The SMILES string of the molecule is CCOCC(=O)N(CC)CC(=O)NC(C)(C)C. The fourth-order valence-electron chi connectivity index (χ4n) is 1.29. The molecule has 0 bridgehead atoms. The predicted octanol–water partition coefficient (Wildman–Crippen LogP) is 0.786. The number of rotatable bonds is 6. The number of likely N-dealkylation sites (N-methyl/N-ethyl adjacent to an activating group) is 1. The molecule has 0 aliphatic rings. The molecule has 5 nitrogen and oxygen atoms in total. The van der Waals surface area contributed by atoms with E-state index in [0.29, 0.717) is 13.2 Å². The quantitative estimate of drug-likeness (QED) is 0.751. The number of hydrogen-bond donors (Lipinski definition) is 1. The number of nitrogens with one attached hydrogen (secondary N) is 1. The molecule has 0 rings (SSSR count). The van der Waals surface area contributed by atoms with E-state index in [0.717, 1.165) is 0 Å². The summed E-state index contributed by atoms with van der Waals surface area (Å²) in [6.07, 6.45) is 0. The molecule has 1 N–H and O–H groups in total. The molecule has 0 aliphatic carbocycles. The van der Waals surface area contributed by atoms with Gasteiger partial charge in [0.25, 0.3) is 0 Å². The minimum absolute atomic E-state index is 0.0349. The van der Waals surface area contributed by atoms with Gasteiger partial charge in [-0.3, -0.25) is 9.59 Å². The van der Waals surface area contributed by atoms with Crippen LogP contribution in [0.25, 0.3) is 0 Å². The Hall–Kier alpha value is -1.10. The standard InChI is InChI=1S/C12H24N2O3/c1-6-14(11(16)9-17-7-2)8-10(15)13-12(3,4)5/h6-9H2,1-5H3,(H,13,15). The molecule has 0 aromatic carbocycles. The molecule has 100 valence electrons. The zero-order valence-electron chi connectivity index (χ0n) is 11.5. The molecule has 0 atom stereocenters. The topological polar surface area (TPSA) is 58.6 Å². The third kappa shape index (κ3) is 7.74. The maximum atomic E-state index is 11.7. The van der Waals surface area contributed by atoms with Gasteiger partial charge in [0.15, 0.2) is 0 Å². The van der Waals surface area contributed by atoms with E-state index in [2.05, 4.69) is 5.32 Å². The number of carbonyl (C=O) groups excluding carboxylic acids is 2. The van der Waals surface area contributed by atoms with Crippen molar-refractivity contribution in [2.24, 2.45) is 0 Å². The molecule has 2 amide bonds. The van der Waals surface area contributed by atoms with Crippen molar-refractivity contribution in [1.29, 1.82) is 0 Å². The van der Waals surface area contributed by atoms with E-state index in [1.807, 2.05) is 34.6 Å².